The third-order valence-electron chi connectivity index (χ3n) is 3.47. The number of nitrogen functional groups attached to an aromatic ring is 1. The van der Waals surface area contributed by atoms with E-state index in [1.165, 1.54) is 12.3 Å². The molecule has 0 spiro atoms. The van der Waals surface area contributed by atoms with Crippen LogP contribution in [0.4, 0.5) is 5.82 Å². The number of aromatic nitrogens is 1. The van der Waals surface area contributed by atoms with Gasteiger partial charge in [0.05, 0.1) is 5.71 Å². The number of allylic oxidation sites excluding steroid dienone is 1. The van der Waals surface area contributed by atoms with Crippen molar-refractivity contribution < 1.29 is 9.59 Å². The monoisotopic (exact) mass is 337 g/mol. The highest BCUT2D eigenvalue weighted by Crippen LogP contribution is 2.08. The molecular weight excluding hydrogens is 318 g/mol. The van der Waals surface area contributed by atoms with Gasteiger partial charge in [-0.2, -0.15) is 0 Å². The lowest BCUT2D eigenvalue weighted by atomic mass is 10.1. The molecule has 2 rings (SSSR count). The molecule has 7 nitrogen and oxygen atoms in total. The molecule has 1 atom stereocenters. The van der Waals surface area contributed by atoms with Crippen molar-refractivity contribution in [1.29, 1.82) is 5.41 Å². The third-order valence-corrected chi connectivity index (χ3v) is 3.47. The first-order chi connectivity index (χ1) is 12.0. The summed E-state index contributed by atoms with van der Waals surface area (Å²) in [5.74, 6) is -0.944. The Morgan fingerprint density at radius 1 is 1.16 bits per heavy atom. The Bertz CT molecular complexity index is 802. The quantitative estimate of drug-likeness (QED) is 0.439. The Balaban J connectivity index is 2.00. The number of nitrogens with two attached hydrogens (primary N) is 2. The van der Waals surface area contributed by atoms with Crippen LogP contribution in [-0.2, 0) is 16.0 Å². The molecule has 7 heteroatoms. The molecule has 2 amide bonds. The molecule has 0 aliphatic rings. The summed E-state index contributed by atoms with van der Waals surface area (Å²) in [5, 5.41) is 10.5. The third kappa shape index (κ3) is 5.28. The highest BCUT2D eigenvalue weighted by atomic mass is 16.2. The van der Waals surface area contributed by atoms with Crippen molar-refractivity contribution in [3.8, 4) is 0 Å². The lowest BCUT2D eigenvalue weighted by Crippen LogP contribution is -2.45. The van der Waals surface area contributed by atoms with Crippen molar-refractivity contribution in [1.82, 2.24) is 10.3 Å². The van der Waals surface area contributed by atoms with Gasteiger partial charge in [0.25, 0.3) is 0 Å². The lowest BCUT2D eigenvalue weighted by Gasteiger charge is -2.14. The molecule has 0 unspecified atom stereocenters. The van der Waals surface area contributed by atoms with Crippen molar-refractivity contribution in [3.63, 3.8) is 0 Å². The normalized spacial score (nSPS) is 11.8. The minimum Gasteiger partial charge on any atom is -0.383 e. The first-order valence-corrected chi connectivity index (χ1v) is 7.58. The summed E-state index contributed by atoms with van der Waals surface area (Å²) >= 11 is 0. The number of primary amides is 1. The number of amides is 2. The van der Waals surface area contributed by atoms with Crippen LogP contribution in [-0.4, -0.2) is 28.6 Å². The number of carbonyl (C=O) groups excluding carboxylic acids is 2. The molecule has 0 saturated heterocycles. The van der Waals surface area contributed by atoms with Crippen LogP contribution in [0.1, 0.15) is 11.1 Å². The Kier molecular flexibility index (Phi) is 6.00. The minimum atomic E-state index is -0.836. The summed E-state index contributed by atoms with van der Waals surface area (Å²) in [6.45, 7) is 0. The molecule has 1 aromatic carbocycles. The van der Waals surface area contributed by atoms with E-state index >= 15 is 0 Å². The van der Waals surface area contributed by atoms with Crippen LogP contribution in [0.5, 0.6) is 0 Å². The number of nitrogens with one attached hydrogen (secondary N) is 2. The van der Waals surface area contributed by atoms with Crippen LogP contribution in [0.2, 0.25) is 0 Å². The van der Waals surface area contributed by atoms with E-state index in [0.717, 1.165) is 11.6 Å². The van der Waals surface area contributed by atoms with Gasteiger partial charge in [0.1, 0.15) is 11.9 Å². The first kappa shape index (κ1) is 17.9. The average Bonchev–Trinajstić information content (AvgIpc) is 2.60. The standard InChI is InChI=1S/C18H19N5O2/c19-14(13-7-4-10-22-17(13)20)8-9-16(24)23-15(18(21)25)11-12-5-2-1-3-6-12/h1-10,15,19H,11H2,(H2,20,22)(H2,21,25)(H,23,24)/b9-8+,19-14?/t15-/m0/s1. The van der Waals surface area contributed by atoms with Gasteiger partial charge in [0.15, 0.2) is 0 Å². The summed E-state index contributed by atoms with van der Waals surface area (Å²) in [6.07, 6.45) is 4.27. The lowest BCUT2D eigenvalue weighted by molar-refractivity contribution is -0.124. The molecule has 0 fully saturated rings. The summed E-state index contributed by atoms with van der Waals surface area (Å²) in [5.41, 5.74) is 12.4. The smallest absolute Gasteiger partial charge is 0.244 e. The van der Waals surface area contributed by atoms with Crippen molar-refractivity contribution >= 4 is 23.3 Å². The molecule has 0 radical (unpaired) electrons. The summed E-state index contributed by atoms with van der Waals surface area (Å²) in [6, 6.07) is 11.7. The van der Waals surface area contributed by atoms with Crippen molar-refractivity contribution in [2.75, 3.05) is 5.73 Å². The van der Waals surface area contributed by atoms with E-state index in [0.29, 0.717) is 12.0 Å². The van der Waals surface area contributed by atoms with E-state index in [2.05, 4.69) is 10.3 Å². The van der Waals surface area contributed by atoms with E-state index in [1.54, 1.807) is 12.1 Å². The van der Waals surface area contributed by atoms with Crippen LogP contribution >= 0.6 is 0 Å². The van der Waals surface area contributed by atoms with Crippen LogP contribution < -0.4 is 16.8 Å². The molecule has 0 aliphatic carbocycles. The van der Waals surface area contributed by atoms with E-state index in [-0.39, 0.29) is 11.5 Å². The number of anilines is 1. The van der Waals surface area contributed by atoms with E-state index in [1.807, 2.05) is 30.3 Å². The molecule has 1 aromatic heterocycles. The van der Waals surface area contributed by atoms with Crippen LogP contribution in [0.25, 0.3) is 0 Å². The molecule has 0 aliphatic heterocycles. The fraction of sp³-hybridized carbons (Fsp3) is 0.111. The van der Waals surface area contributed by atoms with Crippen LogP contribution in [0.3, 0.4) is 0 Å². The van der Waals surface area contributed by atoms with Crippen LogP contribution in [0.15, 0.2) is 60.8 Å². The molecular formula is C18H19N5O2. The second-order valence-electron chi connectivity index (χ2n) is 5.34. The predicted molar refractivity (Wildman–Crippen MR) is 95.9 cm³/mol. The zero-order valence-electron chi connectivity index (χ0n) is 13.5. The second kappa shape index (κ2) is 8.39. The van der Waals surface area contributed by atoms with E-state index in [4.69, 9.17) is 16.9 Å². The Hall–Kier alpha value is -3.48. The highest BCUT2D eigenvalue weighted by Gasteiger charge is 2.17. The van der Waals surface area contributed by atoms with Crippen molar-refractivity contribution in [2.45, 2.75) is 12.5 Å². The minimum absolute atomic E-state index is 0.0411. The maximum atomic E-state index is 12.0. The predicted octanol–water partition coefficient (Wildman–Crippen LogP) is 0.801. The number of carbonyl (C=O) groups is 2. The number of rotatable bonds is 7. The number of hydrogen-bond acceptors (Lipinski definition) is 5. The molecule has 2 aromatic rings. The fourth-order valence-electron chi connectivity index (χ4n) is 2.19. The highest BCUT2D eigenvalue weighted by molar-refractivity contribution is 6.11. The topological polar surface area (TPSA) is 135 Å². The van der Waals surface area contributed by atoms with Crippen molar-refractivity contribution in [3.05, 3.63) is 71.9 Å². The zero-order chi connectivity index (χ0) is 18.2. The summed E-state index contributed by atoms with van der Waals surface area (Å²) in [7, 11) is 0. The summed E-state index contributed by atoms with van der Waals surface area (Å²) in [4.78, 5) is 27.5. The van der Waals surface area contributed by atoms with Gasteiger partial charge in [-0.1, -0.05) is 30.3 Å². The van der Waals surface area contributed by atoms with Gasteiger partial charge in [-0.15, -0.1) is 0 Å². The Morgan fingerprint density at radius 3 is 2.52 bits per heavy atom. The van der Waals surface area contributed by atoms with Gasteiger partial charge in [-0.25, -0.2) is 4.98 Å². The number of hydrogen-bond donors (Lipinski definition) is 4. The second-order valence-corrected chi connectivity index (χ2v) is 5.34. The average molecular weight is 337 g/mol. The van der Waals surface area contributed by atoms with Crippen molar-refractivity contribution in [2.24, 2.45) is 5.73 Å². The Labute approximate surface area is 145 Å². The number of nitrogens with zero attached hydrogens (tertiary/aromatic N) is 1. The maximum Gasteiger partial charge on any atom is 0.244 e. The zero-order valence-corrected chi connectivity index (χ0v) is 13.5. The molecule has 6 N–H and O–H groups in total. The molecule has 1 heterocycles. The van der Waals surface area contributed by atoms with Gasteiger partial charge in [-0.3, -0.25) is 9.59 Å². The number of benzene rings is 1. The number of pyridine rings is 1. The van der Waals surface area contributed by atoms with Crippen LogP contribution in [0, 0.1) is 5.41 Å². The Morgan fingerprint density at radius 2 is 1.88 bits per heavy atom. The largest absolute Gasteiger partial charge is 0.383 e. The van der Waals surface area contributed by atoms with Gasteiger partial charge in [0, 0.05) is 24.3 Å². The van der Waals surface area contributed by atoms with E-state index in [9.17, 15) is 9.59 Å². The van der Waals surface area contributed by atoms with Gasteiger partial charge < -0.3 is 22.2 Å². The fourth-order valence-corrected chi connectivity index (χ4v) is 2.19. The molecule has 25 heavy (non-hydrogen) atoms. The van der Waals surface area contributed by atoms with Gasteiger partial charge in [-0.05, 0) is 23.8 Å². The molecule has 0 saturated carbocycles. The van der Waals surface area contributed by atoms with Gasteiger partial charge >= 0.3 is 0 Å². The molecule has 0 bridgehead atoms. The summed E-state index contributed by atoms with van der Waals surface area (Å²) < 4.78 is 0. The SMILES string of the molecule is N=C(/C=C/C(=O)N[C@@H](Cc1ccccc1)C(N)=O)c1cccnc1N. The molecule has 128 valence electrons. The van der Waals surface area contributed by atoms with E-state index < -0.39 is 17.9 Å². The first-order valence-electron chi connectivity index (χ1n) is 7.58. The van der Waals surface area contributed by atoms with Gasteiger partial charge in [0.2, 0.25) is 11.8 Å². The maximum absolute atomic E-state index is 12.0.